The predicted molar refractivity (Wildman–Crippen MR) is 80.1 cm³/mol. The Labute approximate surface area is 114 Å². The molecule has 0 spiro atoms. The van der Waals surface area contributed by atoms with E-state index in [1.165, 1.54) is 32.5 Å². The van der Waals surface area contributed by atoms with Crippen LogP contribution in [0.3, 0.4) is 0 Å². The smallest absolute Gasteiger partial charge is 0.0244 e. The fourth-order valence-corrected chi connectivity index (χ4v) is 2.93. The van der Waals surface area contributed by atoms with Crippen LogP contribution in [0.5, 0.6) is 0 Å². The zero-order valence-electron chi connectivity index (χ0n) is 13.1. The fraction of sp³-hybridized carbons (Fsp3) is 1.00. The number of nitrogens with one attached hydrogen (secondary N) is 1. The molecule has 18 heavy (non-hydrogen) atoms. The summed E-state index contributed by atoms with van der Waals surface area (Å²) in [6.07, 6.45) is 2.49. The van der Waals surface area contributed by atoms with E-state index in [0.717, 1.165) is 25.0 Å². The topological polar surface area (TPSA) is 18.5 Å². The van der Waals surface area contributed by atoms with Crippen LogP contribution in [0.1, 0.15) is 40.5 Å². The van der Waals surface area contributed by atoms with Crippen molar-refractivity contribution >= 4 is 0 Å². The van der Waals surface area contributed by atoms with Crippen molar-refractivity contribution in [2.45, 2.75) is 52.6 Å². The highest BCUT2D eigenvalue weighted by Crippen LogP contribution is 2.17. The lowest BCUT2D eigenvalue weighted by Gasteiger charge is -2.44. The van der Waals surface area contributed by atoms with Crippen LogP contribution >= 0.6 is 0 Å². The van der Waals surface area contributed by atoms with Gasteiger partial charge in [0.1, 0.15) is 0 Å². The van der Waals surface area contributed by atoms with Crippen LogP contribution in [0, 0.1) is 5.92 Å². The Kier molecular flexibility index (Phi) is 7.20. The SMILES string of the molecule is CCCNCC(C(C)C)N1CCN(C)C(CC)C1. The van der Waals surface area contributed by atoms with Gasteiger partial charge in [-0.05, 0) is 32.4 Å². The summed E-state index contributed by atoms with van der Waals surface area (Å²) in [5, 5.41) is 3.60. The van der Waals surface area contributed by atoms with E-state index < -0.39 is 0 Å². The second-order valence-corrected chi connectivity index (χ2v) is 6.05. The van der Waals surface area contributed by atoms with Gasteiger partial charge in [-0.15, -0.1) is 0 Å². The van der Waals surface area contributed by atoms with Crippen molar-refractivity contribution in [2.75, 3.05) is 39.8 Å². The molecule has 1 N–H and O–H groups in total. The van der Waals surface area contributed by atoms with E-state index in [4.69, 9.17) is 0 Å². The van der Waals surface area contributed by atoms with Crippen molar-refractivity contribution < 1.29 is 0 Å². The fourth-order valence-electron chi connectivity index (χ4n) is 2.93. The molecule has 3 heteroatoms. The first-order valence-electron chi connectivity index (χ1n) is 7.75. The highest BCUT2D eigenvalue weighted by Gasteiger charge is 2.29. The molecule has 0 bridgehead atoms. The first-order valence-corrected chi connectivity index (χ1v) is 7.75. The summed E-state index contributed by atoms with van der Waals surface area (Å²) >= 11 is 0. The van der Waals surface area contributed by atoms with Crippen LogP contribution in [-0.2, 0) is 0 Å². The van der Waals surface area contributed by atoms with E-state index in [-0.39, 0.29) is 0 Å². The van der Waals surface area contributed by atoms with Gasteiger partial charge in [-0.3, -0.25) is 4.90 Å². The van der Waals surface area contributed by atoms with Crippen molar-refractivity contribution in [3.8, 4) is 0 Å². The second-order valence-electron chi connectivity index (χ2n) is 6.05. The lowest BCUT2D eigenvalue weighted by molar-refractivity contribution is 0.0466. The lowest BCUT2D eigenvalue weighted by Crippen LogP contribution is -2.57. The van der Waals surface area contributed by atoms with Crippen molar-refractivity contribution in [2.24, 2.45) is 5.92 Å². The first-order chi connectivity index (χ1) is 8.60. The lowest BCUT2D eigenvalue weighted by atomic mass is 9.99. The molecule has 1 aliphatic heterocycles. The van der Waals surface area contributed by atoms with Crippen molar-refractivity contribution in [1.29, 1.82) is 0 Å². The molecular formula is C15H33N3. The monoisotopic (exact) mass is 255 g/mol. The van der Waals surface area contributed by atoms with E-state index in [1.54, 1.807) is 0 Å². The third kappa shape index (κ3) is 4.52. The number of rotatable bonds is 7. The molecule has 1 heterocycles. The quantitative estimate of drug-likeness (QED) is 0.702. The maximum atomic E-state index is 3.60. The van der Waals surface area contributed by atoms with Crippen molar-refractivity contribution in [1.82, 2.24) is 15.1 Å². The van der Waals surface area contributed by atoms with Gasteiger partial charge in [-0.2, -0.15) is 0 Å². The highest BCUT2D eigenvalue weighted by molar-refractivity contribution is 4.85. The summed E-state index contributed by atoms with van der Waals surface area (Å²) in [5.41, 5.74) is 0. The Morgan fingerprint density at radius 3 is 2.50 bits per heavy atom. The minimum Gasteiger partial charge on any atom is -0.315 e. The van der Waals surface area contributed by atoms with Crippen molar-refractivity contribution in [3.05, 3.63) is 0 Å². The maximum Gasteiger partial charge on any atom is 0.0244 e. The van der Waals surface area contributed by atoms with E-state index >= 15 is 0 Å². The summed E-state index contributed by atoms with van der Waals surface area (Å²) in [6, 6.07) is 1.44. The highest BCUT2D eigenvalue weighted by atomic mass is 15.3. The summed E-state index contributed by atoms with van der Waals surface area (Å²) in [6.45, 7) is 15.2. The van der Waals surface area contributed by atoms with Crippen LogP contribution in [0.2, 0.25) is 0 Å². The number of piperazine rings is 1. The first kappa shape index (κ1) is 15.9. The van der Waals surface area contributed by atoms with Gasteiger partial charge in [-0.25, -0.2) is 0 Å². The van der Waals surface area contributed by atoms with E-state index in [2.05, 4.69) is 49.9 Å². The summed E-state index contributed by atoms with van der Waals surface area (Å²) in [4.78, 5) is 5.23. The number of hydrogen-bond donors (Lipinski definition) is 1. The van der Waals surface area contributed by atoms with E-state index in [0.29, 0.717) is 6.04 Å². The Bertz CT molecular complexity index is 218. The molecule has 2 unspecified atom stereocenters. The van der Waals surface area contributed by atoms with Gasteiger partial charge >= 0.3 is 0 Å². The normalized spacial score (nSPS) is 24.7. The number of likely N-dealkylation sites (N-methyl/N-ethyl adjacent to an activating group) is 1. The van der Waals surface area contributed by atoms with Crippen LogP contribution < -0.4 is 5.32 Å². The van der Waals surface area contributed by atoms with Gasteiger partial charge in [0.25, 0.3) is 0 Å². The zero-order chi connectivity index (χ0) is 13.5. The molecule has 0 radical (unpaired) electrons. The molecule has 2 atom stereocenters. The minimum atomic E-state index is 0.694. The molecule has 1 rings (SSSR count). The molecule has 1 saturated heterocycles. The molecule has 0 aliphatic carbocycles. The Hall–Kier alpha value is -0.120. The van der Waals surface area contributed by atoms with Gasteiger partial charge in [0.15, 0.2) is 0 Å². The summed E-state index contributed by atoms with van der Waals surface area (Å²) in [7, 11) is 2.27. The summed E-state index contributed by atoms with van der Waals surface area (Å²) < 4.78 is 0. The molecule has 0 saturated carbocycles. The van der Waals surface area contributed by atoms with E-state index in [9.17, 15) is 0 Å². The van der Waals surface area contributed by atoms with Crippen LogP contribution in [0.15, 0.2) is 0 Å². The van der Waals surface area contributed by atoms with Gasteiger partial charge in [0, 0.05) is 38.3 Å². The minimum absolute atomic E-state index is 0.694. The van der Waals surface area contributed by atoms with Crippen molar-refractivity contribution in [3.63, 3.8) is 0 Å². The average molecular weight is 255 g/mol. The van der Waals surface area contributed by atoms with E-state index in [1.807, 2.05) is 0 Å². The van der Waals surface area contributed by atoms with Crippen LogP contribution in [0.25, 0.3) is 0 Å². The Morgan fingerprint density at radius 2 is 1.94 bits per heavy atom. The third-order valence-corrected chi connectivity index (χ3v) is 4.30. The summed E-state index contributed by atoms with van der Waals surface area (Å²) in [5.74, 6) is 0.732. The van der Waals surface area contributed by atoms with Gasteiger partial charge in [0.2, 0.25) is 0 Å². The maximum absolute atomic E-state index is 3.60. The Balaban J connectivity index is 2.51. The number of nitrogens with zero attached hydrogens (tertiary/aromatic N) is 2. The molecule has 1 aliphatic rings. The molecule has 0 amide bonds. The molecule has 3 nitrogen and oxygen atoms in total. The van der Waals surface area contributed by atoms with Crippen LogP contribution in [0.4, 0.5) is 0 Å². The zero-order valence-corrected chi connectivity index (χ0v) is 13.1. The van der Waals surface area contributed by atoms with Gasteiger partial charge < -0.3 is 10.2 Å². The number of hydrogen-bond acceptors (Lipinski definition) is 3. The average Bonchev–Trinajstić information content (AvgIpc) is 2.35. The third-order valence-electron chi connectivity index (χ3n) is 4.30. The Morgan fingerprint density at radius 1 is 1.22 bits per heavy atom. The van der Waals surface area contributed by atoms with Crippen LogP contribution in [-0.4, -0.2) is 61.7 Å². The largest absolute Gasteiger partial charge is 0.315 e. The molecule has 0 aromatic heterocycles. The second kappa shape index (κ2) is 8.13. The molecule has 0 aromatic rings. The van der Waals surface area contributed by atoms with Gasteiger partial charge in [0.05, 0.1) is 0 Å². The predicted octanol–water partition coefficient (Wildman–Crippen LogP) is 2.04. The molecule has 1 fully saturated rings. The molecule has 108 valence electrons. The standard InChI is InChI=1S/C15H33N3/c1-6-8-16-11-15(13(3)4)18-10-9-17(5)14(7-2)12-18/h13-16H,6-12H2,1-5H3. The van der Waals surface area contributed by atoms with Gasteiger partial charge in [-0.1, -0.05) is 27.7 Å². The molecule has 0 aromatic carbocycles. The molecular weight excluding hydrogens is 222 g/mol.